The smallest absolute Gasteiger partial charge is 0.303 e. The van der Waals surface area contributed by atoms with Gasteiger partial charge in [-0.2, -0.15) is 0 Å². The molecule has 2 aromatic carbocycles. The highest BCUT2D eigenvalue weighted by molar-refractivity contribution is 5.92. The van der Waals surface area contributed by atoms with Gasteiger partial charge < -0.3 is 29.9 Å². The van der Waals surface area contributed by atoms with Gasteiger partial charge in [0.05, 0.1) is 25.2 Å². The Kier molecular flexibility index (Phi) is 9.75. The van der Waals surface area contributed by atoms with Crippen molar-refractivity contribution >= 4 is 23.5 Å². The third-order valence-electron chi connectivity index (χ3n) is 7.80. The Bertz CT molecular complexity index is 1320. The van der Waals surface area contributed by atoms with Crippen LogP contribution in [0.25, 0.3) is 0 Å². The van der Waals surface area contributed by atoms with Gasteiger partial charge in [0.2, 0.25) is 11.9 Å². The average Bonchev–Trinajstić information content (AvgIpc) is 3.02. The summed E-state index contributed by atoms with van der Waals surface area (Å²) in [6.07, 6.45) is 2.26. The lowest BCUT2D eigenvalue weighted by Gasteiger charge is -2.44. The van der Waals surface area contributed by atoms with E-state index in [9.17, 15) is 14.7 Å². The number of carbonyl (C=O) groups excluding carboxylic acids is 1. The highest BCUT2D eigenvalue weighted by Gasteiger charge is 2.39. The summed E-state index contributed by atoms with van der Waals surface area (Å²) >= 11 is 0. The zero-order valence-electron chi connectivity index (χ0n) is 23.6. The maximum absolute atomic E-state index is 12.1. The van der Waals surface area contributed by atoms with Crippen LogP contribution in [0.1, 0.15) is 48.8 Å². The molecule has 222 valence electrons. The van der Waals surface area contributed by atoms with Gasteiger partial charge in [-0.3, -0.25) is 14.5 Å². The van der Waals surface area contributed by atoms with Crippen LogP contribution in [0, 0.1) is 5.92 Å². The topological polar surface area (TPSA) is 137 Å². The largest absolute Gasteiger partial charge is 0.481 e. The van der Waals surface area contributed by atoms with Crippen LogP contribution in [-0.4, -0.2) is 75.8 Å². The van der Waals surface area contributed by atoms with Gasteiger partial charge in [0.1, 0.15) is 0 Å². The molecule has 2 aliphatic heterocycles. The molecule has 5 rings (SSSR count). The Morgan fingerprint density at radius 1 is 0.929 bits per heavy atom. The molecule has 2 saturated heterocycles. The molecule has 0 saturated carbocycles. The fourth-order valence-electron chi connectivity index (χ4n) is 5.34. The first-order chi connectivity index (χ1) is 20.4. The van der Waals surface area contributed by atoms with Crippen LogP contribution >= 0.6 is 0 Å². The van der Waals surface area contributed by atoms with Crippen LogP contribution in [0.2, 0.25) is 0 Å². The summed E-state index contributed by atoms with van der Waals surface area (Å²) in [5.74, 6) is -0.552. The highest BCUT2D eigenvalue weighted by Crippen LogP contribution is 2.42. The summed E-state index contributed by atoms with van der Waals surface area (Å²) in [6, 6.07) is 16.9. The van der Waals surface area contributed by atoms with Gasteiger partial charge in [-0.1, -0.05) is 43.3 Å². The number of aliphatic carboxylic acids is 1. The summed E-state index contributed by atoms with van der Waals surface area (Å²) in [4.78, 5) is 36.2. The Morgan fingerprint density at radius 3 is 2.24 bits per heavy atom. The van der Waals surface area contributed by atoms with Crippen molar-refractivity contribution in [3.63, 3.8) is 0 Å². The number of aromatic nitrogens is 2. The van der Waals surface area contributed by atoms with Crippen molar-refractivity contribution in [2.75, 3.05) is 42.9 Å². The molecule has 2 aliphatic rings. The number of hydrogen-bond acceptors (Lipinski definition) is 9. The predicted molar refractivity (Wildman–Crippen MR) is 156 cm³/mol. The van der Waals surface area contributed by atoms with E-state index in [-0.39, 0.29) is 43.5 Å². The number of hydrogen-bond donors (Lipinski definition) is 3. The van der Waals surface area contributed by atoms with Gasteiger partial charge in [-0.05, 0) is 29.3 Å². The number of carbonyl (C=O) groups is 2. The molecule has 42 heavy (non-hydrogen) atoms. The van der Waals surface area contributed by atoms with Gasteiger partial charge in [0, 0.05) is 68.7 Å². The minimum absolute atomic E-state index is 0.0189. The standard InChI is InChI=1S/C31H37N5O6/c1-21-26(19-35-15-17-36(18-16-35)31-32-13-2-14-33-31)41-30(42-29(21)23-5-3-22(20-37)4-6-23)24-7-9-25(10-8-24)34-27(38)11-12-28(39)40/h2-10,13-14,21,26,29-30,37H,11-12,15-20H2,1H3,(H,34,38)(H,39,40)/t21-,26+,29+,30+/m1/s1. The number of amides is 1. The molecule has 2 fully saturated rings. The molecule has 3 heterocycles. The molecule has 0 unspecified atom stereocenters. The van der Waals surface area contributed by atoms with Crippen molar-refractivity contribution in [2.45, 2.75) is 44.9 Å². The van der Waals surface area contributed by atoms with Crippen molar-refractivity contribution in [1.29, 1.82) is 0 Å². The van der Waals surface area contributed by atoms with Crippen LogP contribution in [0.4, 0.5) is 11.6 Å². The van der Waals surface area contributed by atoms with Crippen LogP contribution in [0.5, 0.6) is 0 Å². The highest BCUT2D eigenvalue weighted by atomic mass is 16.7. The predicted octanol–water partition coefficient (Wildman–Crippen LogP) is 3.39. The lowest BCUT2D eigenvalue weighted by molar-refractivity contribution is -0.276. The molecule has 4 atom stereocenters. The number of nitrogens with one attached hydrogen (secondary N) is 1. The number of carboxylic acid groups (broad SMARTS) is 1. The molecule has 0 radical (unpaired) electrons. The molecular formula is C31H37N5O6. The molecule has 1 aromatic heterocycles. The monoisotopic (exact) mass is 575 g/mol. The Morgan fingerprint density at radius 2 is 1.60 bits per heavy atom. The number of nitrogens with zero attached hydrogens (tertiary/aromatic N) is 4. The van der Waals surface area contributed by atoms with Crippen molar-refractivity contribution in [3.8, 4) is 0 Å². The van der Waals surface area contributed by atoms with E-state index < -0.39 is 12.3 Å². The fraction of sp³-hybridized carbons (Fsp3) is 0.419. The summed E-state index contributed by atoms with van der Waals surface area (Å²) in [5, 5.41) is 21.1. The summed E-state index contributed by atoms with van der Waals surface area (Å²) in [7, 11) is 0. The first kappa shape index (κ1) is 29.6. The van der Waals surface area contributed by atoms with E-state index in [1.54, 1.807) is 24.5 Å². The van der Waals surface area contributed by atoms with Crippen LogP contribution in [-0.2, 0) is 25.7 Å². The van der Waals surface area contributed by atoms with Gasteiger partial charge in [-0.15, -0.1) is 0 Å². The summed E-state index contributed by atoms with van der Waals surface area (Å²) in [5.41, 5.74) is 3.25. The Hall–Kier alpha value is -3.90. The number of aliphatic hydroxyl groups excluding tert-OH is 1. The second-order valence-corrected chi connectivity index (χ2v) is 10.7. The number of piperazine rings is 1. The number of aliphatic hydroxyl groups is 1. The van der Waals surface area contributed by atoms with E-state index in [0.717, 1.165) is 55.4 Å². The van der Waals surface area contributed by atoms with Crippen molar-refractivity contribution < 1.29 is 29.3 Å². The molecular weight excluding hydrogens is 538 g/mol. The second kappa shape index (κ2) is 13.8. The first-order valence-corrected chi connectivity index (χ1v) is 14.3. The normalized spacial score (nSPS) is 23.0. The average molecular weight is 576 g/mol. The SMILES string of the molecule is C[C@@H]1[C@H](CN2CCN(c3ncccn3)CC2)O[C@H](c2ccc(NC(=O)CCC(=O)O)cc2)O[C@@H]1c1ccc(CO)cc1. The third-order valence-corrected chi connectivity index (χ3v) is 7.80. The van der Waals surface area contributed by atoms with Crippen molar-refractivity contribution in [3.05, 3.63) is 83.7 Å². The minimum atomic E-state index is -1.01. The summed E-state index contributed by atoms with van der Waals surface area (Å²) in [6.45, 7) is 6.26. The Labute approximate surface area is 245 Å². The van der Waals surface area contributed by atoms with Gasteiger partial charge in [0.15, 0.2) is 6.29 Å². The lowest BCUT2D eigenvalue weighted by atomic mass is 9.90. The van der Waals surface area contributed by atoms with E-state index in [1.165, 1.54) is 0 Å². The van der Waals surface area contributed by atoms with E-state index in [4.69, 9.17) is 14.6 Å². The molecule has 3 N–H and O–H groups in total. The maximum Gasteiger partial charge on any atom is 0.303 e. The van der Waals surface area contributed by atoms with E-state index in [1.807, 2.05) is 42.5 Å². The third kappa shape index (κ3) is 7.48. The van der Waals surface area contributed by atoms with E-state index >= 15 is 0 Å². The number of carboxylic acids is 1. The van der Waals surface area contributed by atoms with Crippen LogP contribution in [0.3, 0.4) is 0 Å². The number of rotatable bonds is 10. The molecule has 0 spiro atoms. The first-order valence-electron chi connectivity index (χ1n) is 14.3. The van der Waals surface area contributed by atoms with Crippen LogP contribution < -0.4 is 10.2 Å². The molecule has 0 bridgehead atoms. The molecule has 1 amide bonds. The zero-order valence-corrected chi connectivity index (χ0v) is 23.6. The van der Waals surface area contributed by atoms with Crippen LogP contribution in [0.15, 0.2) is 67.0 Å². The quantitative estimate of drug-likeness (QED) is 0.330. The minimum Gasteiger partial charge on any atom is -0.481 e. The zero-order chi connectivity index (χ0) is 29.5. The van der Waals surface area contributed by atoms with Crippen molar-refractivity contribution in [2.24, 2.45) is 5.92 Å². The fourth-order valence-corrected chi connectivity index (χ4v) is 5.34. The molecule has 3 aromatic rings. The van der Waals surface area contributed by atoms with Gasteiger partial charge in [0.25, 0.3) is 0 Å². The lowest BCUT2D eigenvalue weighted by Crippen LogP contribution is -2.51. The maximum atomic E-state index is 12.1. The number of benzene rings is 2. The van der Waals surface area contributed by atoms with Gasteiger partial charge >= 0.3 is 5.97 Å². The molecule has 0 aliphatic carbocycles. The Balaban J connectivity index is 1.28. The van der Waals surface area contributed by atoms with E-state index in [2.05, 4.69) is 32.0 Å². The van der Waals surface area contributed by atoms with Gasteiger partial charge in [-0.25, -0.2) is 9.97 Å². The summed E-state index contributed by atoms with van der Waals surface area (Å²) < 4.78 is 13.1. The van der Waals surface area contributed by atoms with E-state index in [0.29, 0.717) is 5.69 Å². The molecule has 11 nitrogen and oxygen atoms in total. The number of ether oxygens (including phenoxy) is 2. The number of anilines is 2. The van der Waals surface area contributed by atoms with Crippen molar-refractivity contribution in [1.82, 2.24) is 14.9 Å². The molecule has 11 heteroatoms. The second-order valence-electron chi connectivity index (χ2n) is 10.7.